The van der Waals surface area contributed by atoms with Crippen LogP contribution in [-0.2, 0) is 6.61 Å². The Kier molecular flexibility index (Phi) is 3.57. The SMILES string of the molecule is Cc1cc(-n2ccnc2C)ccc1COc1cc(N)nc2n[nH]nc12. The second-order valence-corrected chi connectivity index (χ2v) is 5.78. The first kappa shape index (κ1) is 15.1. The molecule has 8 nitrogen and oxygen atoms in total. The number of nitrogens with one attached hydrogen (secondary N) is 1. The van der Waals surface area contributed by atoms with Gasteiger partial charge in [0.2, 0.25) is 5.65 Å². The predicted molar refractivity (Wildman–Crippen MR) is 93.5 cm³/mol. The second kappa shape index (κ2) is 5.90. The molecule has 8 heteroatoms. The molecule has 0 fully saturated rings. The third-order valence-electron chi connectivity index (χ3n) is 4.09. The van der Waals surface area contributed by atoms with Crippen LogP contribution in [-0.4, -0.2) is 29.9 Å². The maximum atomic E-state index is 5.92. The molecule has 0 aliphatic carbocycles. The number of anilines is 1. The molecule has 25 heavy (non-hydrogen) atoms. The van der Waals surface area contributed by atoms with E-state index in [1.807, 2.05) is 23.8 Å². The Hall–Kier alpha value is -3.42. The molecule has 4 aromatic rings. The third-order valence-corrected chi connectivity index (χ3v) is 4.09. The number of fused-ring (bicyclic) bond motifs is 1. The van der Waals surface area contributed by atoms with Crippen molar-refractivity contribution in [1.82, 2.24) is 29.9 Å². The smallest absolute Gasteiger partial charge is 0.207 e. The lowest BCUT2D eigenvalue weighted by molar-refractivity contribution is 0.308. The van der Waals surface area contributed by atoms with Gasteiger partial charge in [0.15, 0.2) is 11.3 Å². The summed E-state index contributed by atoms with van der Waals surface area (Å²) in [7, 11) is 0. The number of imidazole rings is 1. The minimum absolute atomic E-state index is 0.346. The molecule has 0 aliphatic rings. The number of pyridine rings is 1. The zero-order valence-electron chi connectivity index (χ0n) is 13.9. The van der Waals surface area contributed by atoms with Crippen LogP contribution >= 0.6 is 0 Å². The summed E-state index contributed by atoms with van der Waals surface area (Å²) in [6, 6.07) is 7.87. The second-order valence-electron chi connectivity index (χ2n) is 5.78. The van der Waals surface area contributed by atoms with Gasteiger partial charge in [0.05, 0.1) is 0 Å². The molecule has 0 radical (unpaired) electrons. The van der Waals surface area contributed by atoms with Crippen LogP contribution in [0.4, 0.5) is 5.82 Å². The minimum atomic E-state index is 0.346. The van der Waals surface area contributed by atoms with E-state index in [4.69, 9.17) is 10.5 Å². The van der Waals surface area contributed by atoms with Crippen LogP contribution in [0, 0.1) is 13.8 Å². The number of H-pyrrole nitrogens is 1. The van der Waals surface area contributed by atoms with Gasteiger partial charge < -0.3 is 15.0 Å². The normalized spacial score (nSPS) is 11.1. The van der Waals surface area contributed by atoms with E-state index < -0.39 is 0 Å². The molecule has 3 N–H and O–H groups in total. The van der Waals surface area contributed by atoms with Crippen LogP contribution in [0.1, 0.15) is 17.0 Å². The van der Waals surface area contributed by atoms with Gasteiger partial charge >= 0.3 is 0 Å². The highest BCUT2D eigenvalue weighted by Crippen LogP contribution is 2.25. The average Bonchev–Trinajstić information content (AvgIpc) is 3.22. The maximum Gasteiger partial charge on any atom is 0.207 e. The van der Waals surface area contributed by atoms with Crippen molar-refractivity contribution in [3.05, 3.63) is 53.6 Å². The number of hydrogen-bond acceptors (Lipinski definition) is 6. The van der Waals surface area contributed by atoms with Crippen molar-refractivity contribution in [2.24, 2.45) is 0 Å². The van der Waals surface area contributed by atoms with Crippen molar-refractivity contribution in [2.75, 3.05) is 5.73 Å². The zero-order valence-corrected chi connectivity index (χ0v) is 13.9. The van der Waals surface area contributed by atoms with Crippen molar-refractivity contribution >= 4 is 17.0 Å². The molecule has 3 heterocycles. The molecule has 0 amide bonds. The van der Waals surface area contributed by atoms with Gasteiger partial charge in [-0.3, -0.25) is 0 Å². The Labute approximate surface area is 143 Å². The van der Waals surface area contributed by atoms with Crippen LogP contribution in [0.25, 0.3) is 16.9 Å². The summed E-state index contributed by atoms with van der Waals surface area (Å²) in [5, 5.41) is 10.5. The number of benzene rings is 1. The van der Waals surface area contributed by atoms with Crippen molar-refractivity contribution in [2.45, 2.75) is 20.5 Å². The topological polar surface area (TPSA) is 108 Å². The molecule has 0 bridgehead atoms. The Bertz CT molecular complexity index is 1050. The molecule has 126 valence electrons. The molecular weight excluding hydrogens is 318 g/mol. The summed E-state index contributed by atoms with van der Waals surface area (Å²) in [6.07, 6.45) is 3.74. The lowest BCUT2D eigenvalue weighted by atomic mass is 10.1. The molecule has 0 unspecified atom stereocenters. The Morgan fingerprint density at radius 1 is 1.20 bits per heavy atom. The summed E-state index contributed by atoms with van der Waals surface area (Å²) in [4.78, 5) is 8.36. The number of aromatic amines is 1. The standard InChI is InChI=1S/C17H17N7O/c1-10-7-13(24-6-5-19-11(24)2)4-3-12(10)9-25-14-8-15(18)20-17-16(14)21-23-22-17/h3-8H,9H2,1-2H3,(H3,18,20,21,22,23). The number of nitrogens with two attached hydrogens (primary N) is 1. The number of rotatable bonds is 4. The molecule has 0 atom stereocenters. The van der Waals surface area contributed by atoms with E-state index in [9.17, 15) is 0 Å². The number of nitrogens with zero attached hydrogens (tertiary/aromatic N) is 5. The zero-order chi connectivity index (χ0) is 17.4. The highest BCUT2D eigenvalue weighted by Gasteiger charge is 2.11. The van der Waals surface area contributed by atoms with Gasteiger partial charge in [0.25, 0.3) is 0 Å². The van der Waals surface area contributed by atoms with E-state index in [1.165, 1.54) is 0 Å². The minimum Gasteiger partial charge on any atom is -0.486 e. The fourth-order valence-corrected chi connectivity index (χ4v) is 2.73. The van der Waals surface area contributed by atoms with Crippen molar-refractivity contribution in [3.8, 4) is 11.4 Å². The molecule has 0 saturated heterocycles. The van der Waals surface area contributed by atoms with E-state index in [-0.39, 0.29) is 0 Å². The molecule has 0 saturated carbocycles. The van der Waals surface area contributed by atoms with Crippen LogP contribution in [0.2, 0.25) is 0 Å². The highest BCUT2D eigenvalue weighted by atomic mass is 16.5. The molecule has 3 aromatic heterocycles. The molecular formula is C17H17N7O. The Morgan fingerprint density at radius 2 is 2.08 bits per heavy atom. The molecule has 0 spiro atoms. The van der Waals surface area contributed by atoms with Crippen LogP contribution < -0.4 is 10.5 Å². The number of hydrogen-bond donors (Lipinski definition) is 2. The Morgan fingerprint density at radius 3 is 2.84 bits per heavy atom. The van der Waals surface area contributed by atoms with Gasteiger partial charge in [0, 0.05) is 24.1 Å². The quantitative estimate of drug-likeness (QED) is 0.592. The summed E-state index contributed by atoms with van der Waals surface area (Å²) >= 11 is 0. The first-order valence-electron chi connectivity index (χ1n) is 7.81. The van der Waals surface area contributed by atoms with Gasteiger partial charge in [-0.15, -0.1) is 5.10 Å². The lowest BCUT2D eigenvalue weighted by Crippen LogP contribution is -2.02. The van der Waals surface area contributed by atoms with Gasteiger partial charge in [0.1, 0.15) is 18.2 Å². The van der Waals surface area contributed by atoms with E-state index in [2.05, 4.69) is 44.4 Å². The first-order valence-corrected chi connectivity index (χ1v) is 7.81. The van der Waals surface area contributed by atoms with Crippen molar-refractivity contribution < 1.29 is 4.74 Å². The van der Waals surface area contributed by atoms with E-state index >= 15 is 0 Å². The van der Waals surface area contributed by atoms with Crippen molar-refractivity contribution in [1.29, 1.82) is 0 Å². The predicted octanol–water partition coefficient (Wildman–Crippen LogP) is 2.32. The lowest BCUT2D eigenvalue weighted by Gasteiger charge is -2.12. The summed E-state index contributed by atoms with van der Waals surface area (Å²) in [5.41, 5.74) is 10.1. The largest absolute Gasteiger partial charge is 0.486 e. The third kappa shape index (κ3) is 2.78. The molecule has 0 aliphatic heterocycles. The highest BCUT2D eigenvalue weighted by molar-refractivity contribution is 5.78. The summed E-state index contributed by atoms with van der Waals surface area (Å²) < 4.78 is 7.96. The van der Waals surface area contributed by atoms with E-state index in [1.54, 1.807) is 12.3 Å². The number of aromatic nitrogens is 6. The maximum absolute atomic E-state index is 5.92. The van der Waals surface area contributed by atoms with Crippen LogP contribution in [0.5, 0.6) is 5.75 Å². The first-order chi connectivity index (χ1) is 12.1. The fraction of sp³-hybridized carbons (Fsp3) is 0.176. The van der Waals surface area contributed by atoms with Gasteiger partial charge in [-0.2, -0.15) is 10.3 Å². The van der Waals surface area contributed by atoms with Gasteiger partial charge in [-0.1, -0.05) is 6.07 Å². The number of nitrogen functional groups attached to an aromatic ring is 1. The van der Waals surface area contributed by atoms with Gasteiger partial charge in [-0.05, 0) is 37.1 Å². The molecule has 4 rings (SSSR count). The Balaban J connectivity index is 1.59. The van der Waals surface area contributed by atoms with Crippen LogP contribution in [0.15, 0.2) is 36.7 Å². The summed E-state index contributed by atoms with van der Waals surface area (Å²) in [6.45, 7) is 4.44. The number of ether oxygens (including phenoxy) is 1. The van der Waals surface area contributed by atoms with Gasteiger partial charge in [-0.25, -0.2) is 9.97 Å². The number of aryl methyl sites for hydroxylation is 2. The monoisotopic (exact) mass is 335 g/mol. The average molecular weight is 335 g/mol. The molecule has 1 aromatic carbocycles. The van der Waals surface area contributed by atoms with Crippen molar-refractivity contribution in [3.63, 3.8) is 0 Å². The van der Waals surface area contributed by atoms with Crippen LogP contribution in [0.3, 0.4) is 0 Å². The fourth-order valence-electron chi connectivity index (χ4n) is 2.73. The summed E-state index contributed by atoms with van der Waals surface area (Å²) in [5.74, 6) is 1.85. The van der Waals surface area contributed by atoms with E-state index in [0.29, 0.717) is 29.3 Å². The van der Waals surface area contributed by atoms with E-state index in [0.717, 1.165) is 22.6 Å².